The van der Waals surface area contributed by atoms with Gasteiger partial charge in [0.05, 0.1) is 11.0 Å². The van der Waals surface area contributed by atoms with Crippen molar-refractivity contribution < 1.29 is 0 Å². The standard InChI is InChI=1S/C15H21N3S/c1-3-4-14-17-12-9-11(16)5-6-13(12)18(14)10-15(19-2)7-8-15/h5-6,9H,3-4,7-8,10,16H2,1-2H3. The van der Waals surface area contributed by atoms with Gasteiger partial charge in [0.25, 0.3) is 0 Å². The molecule has 1 aliphatic rings. The summed E-state index contributed by atoms with van der Waals surface area (Å²) in [4.78, 5) is 4.78. The molecule has 3 nitrogen and oxygen atoms in total. The van der Waals surface area contributed by atoms with Crippen LogP contribution in [0.1, 0.15) is 32.0 Å². The van der Waals surface area contributed by atoms with Gasteiger partial charge < -0.3 is 10.3 Å². The molecule has 0 aliphatic heterocycles. The third-order valence-corrected chi connectivity index (χ3v) is 5.42. The van der Waals surface area contributed by atoms with Gasteiger partial charge >= 0.3 is 0 Å². The second-order valence-corrected chi connectivity index (χ2v) is 6.77. The first-order valence-electron chi connectivity index (χ1n) is 6.97. The minimum absolute atomic E-state index is 0.456. The van der Waals surface area contributed by atoms with Crippen LogP contribution in [0.15, 0.2) is 18.2 Å². The molecule has 1 saturated carbocycles. The number of nitrogens with two attached hydrogens (primary N) is 1. The molecule has 19 heavy (non-hydrogen) atoms. The van der Waals surface area contributed by atoms with Crippen LogP contribution in [-0.2, 0) is 13.0 Å². The van der Waals surface area contributed by atoms with Crippen molar-refractivity contribution in [3.63, 3.8) is 0 Å². The minimum atomic E-state index is 0.456. The zero-order valence-corrected chi connectivity index (χ0v) is 12.5. The molecule has 1 aromatic heterocycles. The molecule has 1 aliphatic carbocycles. The van der Waals surface area contributed by atoms with Crippen LogP contribution >= 0.6 is 11.8 Å². The van der Waals surface area contributed by atoms with Crippen LogP contribution in [0.2, 0.25) is 0 Å². The number of benzene rings is 1. The molecule has 0 unspecified atom stereocenters. The molecule has 3 rings (SSSR count). The summed E-state index contributed by atoms with van der Waals surface area (Å²) in [6.07, 6.45) is 7.05. The van der Waals surface area contributed by atoms with Gasteiger partial charge in [-0.15, -0.1) is 0 Å². The van der Waals surface area contributed by atoms with Crippen molar-refractivity contribution in [2.24, 2.45) is 0 Å². The fourth-order valence-electron chi connectivity index (χ4n) is 2.64. The lowest BCUT2D eigenvalue weighted by Crippen LogP contribution is -2.16. The molecule has 0 radical (unpaired) electrons. The van der Waals surface area contributed by atoms with Crippen molar-refractivity contribution in [1.29, 1.82) is 0 Å². The van der Waals surface area contributed by atoms with E-state index in [0.717, 1.165) is 30.6 Å². The number of aromatic nitrogens is 2. The van der Waals surface area contributed by atoms with Crippen LogP contribution < -0.4 is 5.73 Å². The van der Waals surface area contributed by atoms with Gasteiger partial charge in [-0.05, 0) is 43.7 Å². The molecular weight excluding hydrogens is 254 g/mol. The summed E-state index contributed by atoms with van der Waals surface area (Å²) in [6, 6.07) is 6.09. The summed E-state index contributed by atoms with van der Waals surface area (Å²) < 4.78 is 2.87. The molecule has 0 saturated heterocycles. The first kappa shape index (κ1) is 12.9. The van der Waals surface area contributed by atoms with Crippen LogP contribution in [0.4, 0.5) is 5.69 Å². The average molecular weight is 275 g/mol. The van der Waals surface area contributed by atoms with E-state index in [4.69, 9.17) is 10.7 Å². The number of hydrogen-bond acceptors (Lipinski definition) is 3. The van der Waals surface area contributed by atoms with Gasteiger partial charge in [0.2, 0.25) is 0 Å². The quantitative estimate of drug-likeness (QED) is 0.850. The first-order chi connectivity index (χ1) is 9.17. The summed E-state index contributed by atoms with van der Waals surface area (Å²) >= 11 is 2.00. The Kier molecular flexibility index (Phi) is 3.21. The Morgan fingerprint density at radius 3 is 2.84 bits per heavy atom. The van der Waals surface area contributed by atoms with Crippen LogP contribution in [-0.4, -0.2) is 20.6 Å². The molecule has 2 aromatic rings. The predicted octanol–water partition coefficient (Wildman–Crippen LogP) is 3.47. The first-order valence-corrected chi connectivity index (χ1v) is 8.20. The number of anilines is 1. The molecule has 0 spiro atoms. The Labute approximate surface area is 118 Å². The molecule has 0 bridgehead atoms. The van der Waals surface area contributed by atoms with E-state index in [2.05, 4.69) is 23.8 Å². The number of hydrogen-bond donors (Lipinski definition) is 1. The highest BCUT2D eigenvalue weighted by Gasteiger charge is 2.42. The average Bonchev–Trinajstić information content (AvgIpc) is 3.10. The molecule has 2 N–H and O–H groups in total. The Morgan fingerprint density at radius 2 is 2.21 bits per heavy atom. The summed E-state index contributed by atoms with van der Waals surface area (Å²) in [5, 5.41) is 0. The minimum Gasteiger partial charge on any atom is -0.399 e. The van der Waals surface area contributed by atoms with Crippen molar-refractivity contribution in [3.05, 3.63) is 24.0 Å². The lowest BCUT2D eigenvalue weighted by Gasteiger charge is -2.16. The Balaban J connectivity index is 2.06. The zero-order valence-electron chi connectivity index (χ0n) is 11.6. The molecular formula is C15H21N3S. The van der Waals surface area contributed by atoms with E-state index in [1.165, 1.54) is 24.2 Å². The second kappa shape index (κ2) is 4.75. The number of imidazole rings is 1. The lowest BCUT2D eigenvalue weighted by atomic mass is 10.2. The number of nitrogens with zero attached hydrogens (tertiary/aromatic N) is 2. The third kappa shape index (κ3) is 2.34. The Hall–Kier alpha value is -1.16. The van der Waals surface area contributed by atoms with E-state index in [0.29, 0.717) is 4.75 Å². The largest absolute Gasteiger partial charge is 0.399 e. The van der Waals surface area contributed by atoms with Crippen LogP contribution in [0.5, 0.6) is 0 Å². The molecule has 0 amide bonds. The van der Waals surface area contributed by atoms with Crippen LogP contribution in [0, 0.1) is 0 Å². The maximum absolute atomic E-state index is 5.87. The molecule has 1 fully saturated rings. The van der Waals surface area contributed by atoms with Crippen molar-refractivity contribution in [2.75, 3.05) is 12.0 Å². The van der Waals surface area contributed by atoms with Gasteiger partial charge in [0.1, 0.15) is 5.82 Å². The normalized spacial score (nSPS) is 16.9. The van der Waals surface area contributed by atoms with Crippen molar-refractivity contribution in [3.8, 4) is 0 Å². The van der Waals surface area contributed by atoms with Crippen LogP contribution in [0.25, 0.3) is 11.0 Å². The Morgan fingerprint density at radius 1 is 1.42 bits per heavy atom. The molecule has 102 valence electrons. The molecule has 4 heteroatoms. The van der Waals surface area contributed by atoms with E-state index in [1.807, 2.05) is 23.9 Å². The summed E-state index contributed by atoms with van der Waals surface area (Å²) in [5.41, 5.74) is 8.94. The van der Waals surface area contributed by atoms with Gasteiger partial charge in [0, 0.05) is 23.4 Å². The van der Waals surface area contributed by atoms with Crippen LogP contribution in [0.3, 0.4) is 0 Å². The monoisotopic (exact) mass is 275 g/mol. The number of fused-ring (bicyclic) bond motifs is 1. The van der Waals surface area contributed by atoms with Gasteiger partial charge in [-0.25, -0.2) is 4.98 Å². The highest BCUT2D eigenvalue weighted by Crippen LogP contribution is 2.49. The summed E-state index contributed by atoms with van der Waals surface area (Å²) in [5.74, 6) is 1.21. The predicted molar refractivity (Wildman–Crippen MR) is 83.6 cm³/mol. The maximum Gasteiger partial charge on any atom is 0.109 e. The highest BCUT2D eigenvalue weighted by atomic mass is 32.2. The van der Waals surface area contributed by atoms with E-state index in [1.54, 1.807) is 0 Å². The topological polar surface area (TPSA) is 43.8 Å². The second-order valence-electron chi connectivity index (χ2n) is 5.50. The molecule has 0 atom stereocenters. The lowest BCUT2D eigenvalue weighted by molar-refractivity contribution is 0.632. The summed E-state index contributed by atoms with van der Waals surface area (Å²) in [7, 11) is 0. The van der Waals surface area contributed by atoms with Gasteiger partial charge in [-0.1, -0.05) is 6.92 Å². The highest BCUT2D eigenvalue weighted by molar-refractivity contribution is 8.00. The maximum atomic E-state index is 5.87. The van der Waals surface area contributed by atoms with Gasteiger partial charge in [-0.2, -0.15) is 11.8 Å². The molecule has 1 aromatic carbocycles. The van der Waals surface area contributed by atoms with Crippen molar-refractivity contribution in [2.45, 2.75) is 43.9 Å². The van der Waals surface area contributed by atoms with E-state index < -0.39 is 0 Å². The number of aryl methyl sites for hydroxylation is 1. The van der Waals surface area contributed by atoms with Crippen molar-refractivity contribution in [1.82, 2.24) is 9.55 Å². The van der Waals surface area contributed by atoms with E-state index in [-0.39, 0.29) is 0 Å². The SMILES string of the molecule is CCCc1nc2cc(N)ccc2n1CC1(SC)CC1. The number of rotatable bonds is 5. The van der Waals surface area contributed by atoms with Gasteiger partial charge in [-0.3, -0.25) is 0 Å². The fraction of sp³-hybridized carbons (Fsp3) is 0.533. The number of thioether (sulfide) groups is 1. The Bertz CT molecular complexity index is 599. The smallest absolute Gasteiger partial charge is 0.109 e. The van der Waals surface area contributed by atoms with E-state index >= 15 is 0 Å². The summed E-state index contributed by atoms with van der Waals surface area (Å²) in [6.45, 7) is 3.30. The third-order valence-electron chi connectivity index (χ3n) is 4.01. The molecule has 1 heterocycles. The van der Waals surface area contributed by atoms with E-state index in [9.17, 15) is 0 Å². The zero-order chi connectivity index (χ0) is 13.5. The van der Waals surface area contributed by atoms with Gasteiger partial charge in [0.15, 0.2) is 0 Å². The fourth-order valence-corrected chi connectivity index (χ4v) is 3.41. The van der Waals surface area contributed by atoms with Crippen molar-refractivity contribution >= 4 is 28.5 Å². The number of nitrogen functional groups attached to an aromatic ring is 1.